The molecule has 0 aliphatic carbocycles. The number of carbonyl (C=O) groups excluding carboxylic acids is 1. The molecule has 0 aromatic heterocycles. The predicted octanol–water partition coefficient (Wildman–Crippen LogP) is 3.84. The largest absolute Gasteiger partial charge is 0.444 e. The summed E-state index contributed by atoms with van der Waals surface area (Å²) in [5.74, 6) is 0.389. The molecule has 3 rings (SSSR count). The number of halogens is 1. The van der Waals surface area contributed by atoms with Gasteiger partial charge in [-0.3, -0.25) is 0 Å². The lowest BCUT2D eigenvalue weighted by atomic mass is 10.1. The van der Waals surface area contributed by atoms with Crippen LogP contribution in [0.15, 0.2) is 58.5 Å². The topological polar surface area (TPSA) is 91.3 Å². The lowest BCUT2D eigenvalue weighted by molar-refractivity contribution is 0.0187. The molecule has 1 N–H and O–H groups in total. The smallest absolute Gasteiger partial charge is 0.410 e. The van der Waals surface area contributed by atoms with Crippen LogP contribution in [0.2, 0.25) is 5.02 Å². The zero-order valence-corrected chi connectivity index (χ0v) is 20.8. The number of amidine groups is 1. The Balaban J connectivity index is 1.82. The molecule has 1 aliphatic heterocycles. The van der Waals surface area contributed by atoms with Crippen molar-refractivity contribution >= 4 is 33.6 Å². The van der Waals surface area contributed by atoms with Gasteiger partial charge >= 0.3 is 6.09 Å². The number of carbonyl (C=O) groups is 1. The van der Waals surface area contributed by atoms with E-state index in [9.17, 15) is 13.2 Å². The molecule has 1 amide bonds. The summed E-state index contributed by atoms with van der Waals surface area (Å²) in [5.41, 5.74) is 0.973. The number of hydrogen-bond acceptors (Lipinski definition) is 5. The summed E-state index contributed by atoms with van der Waals surface area (Å²) in [5, 5.41) is 4.71. The Hall–Kier alpha value is -2.78. The Morgan fingerprint density at radius 1 is 1.00 bits per heavy atom. The summed E-state index contributed by atoms with van der Waals surface area (Å²) >= 11 is 6.41. The van der Waals surface area contributed by atoms with Crippen LogP contribution < -0.4 is 4.83 Å². The van der Waals surface area contributed by atoms with Gasteiger partial charge in [-0.25, -0.2) is 4.79 Å². The lowest BCUT2D eigenvalue weighted by Gasteiger charge is -2.37. The van der Waals surface area contributed by atoms with Crippen molar-refractivity contribution in [2.24, 2.45) is 5.10 Å². The molecule has 1 heterocycles. The molecule has 1 aliphatic rings. The van der Waals surface area contributed by atoms with E-state index < -0.39 is 15.6 Å². The first-order chi connectivity index (χ1) is 15.5. The Morgan fingerprint density at radius 2 is 1.58 bits per heavy atom. The maximum Gasteiger partial charge on any atom is 0.410 e. The Bertz CT molecular complexity index is 1120. The highest BCUT2D eigenvalue weighted by molar-refractivity contribution is 7.89. The molecule has 2 aromatic rings. The number of benzene rings is 2. The summed E-state index contributed by atoms with van der Waals surface area (Å²) in [6, 6.07) is 13.6. The summed E-state index contributed by atoms with van der Waals surface area (Å²) in [7, 11) is -3.87. The van der Waals surface area contributed by atoms with E-state index in [1.807, 2.05) is 38.7 Å². The first kappa shape index (κ1) is 24.9. The first-order valence-corrected chi connectivity index (χ1v) is 12.5. The number of ether oxygens (including phenoxy) is 1. The zero-order chi connectivity index (χ0) is 24.2. The van der Waals surface area contributed by atoms with E-state index in [4.69, 9.17) is 16.3 Å². The molecule has 33 heavy (non-hydrogen) atoms. The van der Waals surface area contributed by atoms with Crippen LogP contribution in [0, 0.1) is 6.92 Å². The second kappa shape index (κ2) is 10.0. The van der Waals surface area contributed by atoms with E-state index in [1.165, 1.54) is 12.1 Å². The van der Waals surface area contributed by atoms with E-state index in [0.717, 1.165) is 5.56 Å². The average Bonchev–Trinajstić information content (AvgIpc) is 2.74. The number of nitrogens with zero attached hydrogens (tertiary/aromatic N) is 3. The molecule has 10 heteroatoms. The van der Waals surface area contributed by atoms with Crippen LogP contribution in [-0.4, -0.2) is 61.9 Å². The Labute approximate surface area is 200 Å². The van der Waals surface area contributed by atoms with Crippen LogP contribution in [-0.2, 0) is 14.8 Å². The molecule has 0 unspecified atom stereocenters. The van der Waals surface area contributed by atoms with E-state index >= 15 is 0 Å². The number of piperazine rings is 1. The molecular weight excluding hydrogens is 464 g/mol. The highest BCUT2D eigenvalue weighted by Crippen LogP contribution is 2.20. The van der Waals surface area contributed by atoms with Gasteiger partial charge in [-0.1, -0.05) is 41.4 Å². The molecule has 0 saturated carbocycles. The van der Waals surface area contributed by atoms with Crippen molar-refractivity contribution in [1.29, 1.82) is 0 Å². The third-order valence-corrected chi connectivity index (χ3v) is 6.50. The molecule has 1 saturated heterocycles. The highest BCUT2D eigenvalue weighted by atomic mass is 35.5. The summed E-state index contributed by atoms with van der Waals surface area (Å²) in [4.78, 5) is 18.4. The average molecular weight is 493 g/mol. The molecule has 0 atom stereocenters. The van der Waals surface area contributed by atoms with Gasteiger partial charge in [0.15, 0.2) is 5.84 Å². The van der Waals surface area contributed by atoms with Crippen molar-refractivity contribution in [3.05, 3.63) is 64.7 Å². The SMILES string of the molecule is Cc1ccc(S(=O)(=O)NN=C(c2ccccc2Cl)N2CCN(C(=O)OC(C)(C)C)CC2)cc1. The van der Waals surface area contributed by atoms with Crippen LogP contribution in [0.1, 0.15) is 31.9 Å². The second-order valence-corrected chi connectivity index (χ2v) is 10.8. The minimum Gasteiger partial charge on any atom is -0.444 e. The monoisotopic (exact) mass is 492 g/mol. The molecule has 1 fully saturated rings. The summed E-state index contributed by atoms with van der Waals surface area (Å²) in [6.07, 6.45) is -0.376. The standard InChI is InChI=1S/C23H29ClN4O4S/c1-17-9-11-18(12-10-17)33(30,31)26-25-21(19-7-5-6-8-20(19)24)27-13-15-28(16-14-27)22(29)32-23(2,3)4/h5-12,26H,13-16H2,1-4H3. The number of aryl methyl sites for hydroxylation is 1. The minimum absolute atomic E-state index is 0.116. The zero-order valence-electron chi connectivity index (χ0n) is 19.2. The molecule has 2 aromatic carbocycles. The fourth-order valence-electron chi connectivity index (χ4n) is 3.24. The van der Waals surface area contributed by atoms with Crippen LogP contribution >= 0.6 is 11.6 Å². The van der Waals surface area contributed by atoms with Gasteiger partial charge in [0, 0.05) is 31.7 Å². The van der Waals surface area contributed by atoms with E-state index in [0.29, 0.717) is 42.6 Å². The van der Waals surface area contributed by atoms with E-state index in [-0.39, 0.29) is 11.0 Å². The van der Waals surface area contributed by atoms with Crippen molar-refractivity contribution in [1.82, 2.24) is 14.6 Å². The number of nitrogens with one attached hydrogen (secondary N) is 1. The first-order valence-electron chi connectivity index (χ1n) is 10.6. The van der Waals surface area contributed by atoms with Crippen LogP contribution in [0.25, 0.3) is 0 Å². The van der Waals surface area contributed by atoms with Gasteiger partial charge in [-0.05, 0) is 52.0 Å². The maximum atomic E-state index is 12.8. The minimum atomic E-state index is -3.87. The normalized spacial score (nSPS) is 15.4. The van der Waals surface area contributed by atoms with E-state index in [1.54, 1.807) is 35.2 Å². The van der Waals surface area contributed by atoms with Crippen molar-refractivity contribution < 1.29 is 17.9 Å². The van der Waals surface area contributed by atoms with Crippen molar-refractivity contribution in [3.8, 4) is 0 Å². The van der Waals surface area contributed by atoms with Gasteiger partial charge in [0.25, 0.3) is 10.0 Å². The summed E-state index contributed by atoms with van der Waals surface area (Å²) < 4.78 is 31.0. The fraction of sp³-hybridized carbons (Fsp3) is 0.391. The van der Waals surface area contributed by atoms with Gasteiger partial charge in [0.05, 0.1) is 9.92 Å². The number of hydrazone groups is 1. The molecule has 178 valence electrons. The number of rotatable bonds is 4. The lowest BCUT2D eigenvalue weighted by Crippen LogP contribution is -2.52. The third-order valence-electron chi connectivity index (χ3n) is 4.95. The fourth-order valence-corrected chi connectivity index (χ4v) is 4.27. The number of amides is 1. The van der Waals surface area contributed by atoms with Gasteiger partial charge in [0.1, 0.15) is 5.60 Å². The molecule has 0 bridgehead atoms. The van der Waals surface area contributed by atoms with Gasteiger partial charge in [-0.2, -0.15) is 13.2 Å². The summed E-state index contributed by atoms with van der Waals surface area (Å²) in [6.45, 7) is 9.04. The molecule has 0 radical (unpaired) electrons. The quantitative estimate of drug-likeness (QED) is 0.398. The van der Waals surface area contributed by atoms with Gasteiger partial charge in [0.2, 0.25) is 0 Å². The Kier molecular flexibility index (Phi) is 7.54. The maximum absolute atomic E-state index is 12.8. The molecule has 0 spiro atoms. The Morgan fingerprint density at radius 3 is 2.15 bits per heavy atom. The van der Waals surface area contributed by atoms with E-state index in [2.05, 4.69) is 9.93 Å². The van der Waals surface area contributed by atoms with Crippen molar-refractivity contribution in [3.63, 3.8) is 0 Å². The molecule has 8 nitrogen and oxygen atoms in total. The van der Waals surface area contributed by atoms with Gasteiger partial charge in [-0.15, -0.1) is 5.10 Å². The van der Waals surface area contributed by atoms with Crippen molar-refractivity contribution in [2.45, 2.75) is 38.2 Å². The van der Waals surface area contributed by atoms with Gasteiger partial charge < -0.3 is 14.5 Å². The van der Waals surface area contributed by atoms with Crippen LogP contribution in [0.5, 0.6) is 0 Å². The third kappa shape index (κ3) is 6.61. The predicted molar refractivity (Wildman–Crippen MR) is 129 cm³/mol. The highest BCUT2D eigenvalue weighted by Gasteiger charge is 2.28. The number of hydrogen-bond donors (Lipinski definition) is 1. The molecular formula is C23H29ClN4O4S. The number of sulfonamides is 1. The second-order valence-electron chi connectivity index (χ2n) is 8.78. The van der Waals surface area contributed by atoms with Crippen LogP contribution in [0.4, 0.5) is 4.79 Å². The van der Waals surface area contributed by atoms with Crippen LogP contribution in [0.3, 0.4) is 0 Å². The van der Waals surface area contributed by atoms with Crippen molar-refractivity contribution in [2.75, 3.05) is 26.2 Å².